The lowest BCUT2D eigenvalue weighted by Crippen LogP contribution is -2.14. The highest BCUT2D eigenvalue weighted by Gasteiger charge is 2.29. The van der Waals surface area contributed by atoms with Crippen molar-refractivity contribution in [2.75, 3.05) is 0 Å². The third kappa shape index (κ3) is 1.39. The fourth-order valence-corrected chi connectivity index (χ4v) is 1.80. The van der Waals surface area contributed by atoms with Gasteiger partial charge in [-0.05, 0) is 16.5 Å². The lowest BCUT2D eigenvalue weighted by molar-refractivity contribution is 0.333. The standard InChI is InChI=1S/C12H15N/c1-12(2,3)11-10-7-5-4-6-9(10)8-13-11/h4-8,11H,1-3H3. The zero-order valence-electron chi connectivity index (χ0n) is 8.41. The molecule has 0 fully saturated rings. The van der Waals surface area contributed by atoms with Gasteiger partial charge in [-0.15, -0.1) is 0 Å². The van der Waals surface area contributed by atoms with E-state index in [1.165, 1.54) is 11.1 Å². The normalized spacial score (nSPS) is 20.4. The van der Waals surface area contributed by atoms with Crippen LogP contribution in [0, 0.1) is 5.41 Å². The van der Waals surface area contributed by atoms with E-state index in [-0.39, 0.29) is 5.41 Å². The Balaban J connectivity index is 2.45. The molecule has 2 rings (SSSR count). The van der Waals surface area contributed by atoms with Crippen molar-refractivity contribution in [2.24, 2.45) is 10.4 Å². The highest BCUT2D eigenvalue weighted by atomic mass is 14.8. The van der Waals surface area contributed by atoms with Crippen molar-refractivity contribution in [2.45, 2.75) is 26.8 Å². The molecule has 1 aliphatic rings. The summed E-state index contributed by atoms with van der Waals surface area (Å²) >= 11 is 0. The molecule has 0 aliphatic carbocycles. The zero-order valence-corrected chi connectivity index (χ0v) is 8.41. The minimum atomic E-state index is 0.225. The molecule has 1 aromatic rings. The van der Waals surface area contributed by atoms with E-state index in [4.69, 9.17) is 0 Å². The van der Waals surface area contributed by atoms with Crippen molar-refractivity contribution >= 4 is 6.21 Å². The fraction of sp³-hybridized carbons (Fsp3) is 0.417. The third-order valence-corrected chi connectivity index (χ3v) is 2.47. The molecule has 13 heavy (non-hydrogen) atoms. The van der Waals surface area contributed by atoms with Crippen molar-refractivity contribution in [1.29, 1.82) is 0 Å². The second-order valence-corrected chi connectivity index (χ2v) is 4.68. The second-order valence-electron chi connectivity index (χ2n) is 4.68. The Hall–Kier alpha value is -1.11. The summed E-state index contributed by atoms with van der Waals surface area (Å²) in [5, 5.41) is 0. The fourth-order valence-electron chi connectivity index (χ4n) is 1.80. The molecule has 1 heteroatoms. The molecule has 0 saturated heterocycles. The van der Waals surface area contributed by atoms with Gasteiger partial charge in [0.05, 0.1) is 6.04 Å². The molecular formula is C12H15N. The summed E-state index contributed by atoms with van der Waals surface area (Å²) in [4.78, 5) is 4.55. The Labute approximate surface area is 79.5 Å². The highest BCUT2D eigenvalue weighted by Crippen LogP contribution is 2.40. The number of fused-ring (bicyclic) bond motifs is 1. The smallest absolute Gasteiger partial charge is 0.0803 e. The Morgan fingerprint density at radius 2 is 1.85 bits per heavy atom. The van der Waals surface area contributed by atoms with Crippen LogP contribution in [0.1, 0.15) is 37.9 Å². The average Bonchev–Trinajstić information content (AvgIpc) is 2.45. The third-order valence-electron chi connectivity index (χ3n) is 2.47. The number of rotatable bonds is 0. The van der Waals surface area contributed by atoms with E-state index < -0.39 is 0 Å². The molecule has 1 atom stereocenters. The summed E-state index contributed by atoms with van der Waals surface area (Å²) in [6, 6.07) is 8.80. The average molecular weight is 173 g/mol. The Bertz CT molecular complexity index is 344. The SMILES string of the molecule is CC(C)(C)C1N=Cc2ccccc21. The predicted molar refractivity (Wildman–Crippen MR) is 56.2 cm³/mol. The van der Waals surface area contributed by atoms with Crippen LogP contribution in [0.25, 0.3) is 0 Å². The van der Waals surface area contributed by atoms with Crippen LogP contribution >= 0.6 is 0 Å². The maximum absolute atomic E-state index is 4.55. The summed E-state index contributed by atoms with van der Waals surface area (Å²) in [6.07, 6.45) is 1.99. The highest BCUT2D eigenvalue weighted by molar-refractivity contribution is 5.85. The van der Waals surface area contributed by atoms with E-state index in [0.717, 1.165) is 0 Å². The largest absolute Gasteiger partial charge is 0.284 e. The maximum Gasteiger partial charge on any atom is 0.0803 e. The Kier molecular flexibility index (Phi) is 1.76. The molecule has 0 radical (unpaired) electrons. The molecule has 0 saturated carbocycles. The molecule has 68 valence electrons. The van der Waals surface area contributed by atoms with Crippen LogP contribution in [-0.4, -0.2) is 6.21 Å². The molecule has 1 aliphatic heterocycles. The summed E-state index contributed by atoms with van der Waals surface area (Å²) in [7, 11) is 0. The maximum atomic E-state index is 4.55. The van der Waals surface area contributed by atoms with Crippen LogP contribution in [-0.2, 0) is 0 Å². The van der Waals surface area contributed by atoms with Crippen molar-refractivity contribution < 1.29 is 0 Å². The summed E-state index contributed by atoms with van der Waals surface area (Å²) < 4.78 is 0. The minimum Gasteiger partial charge on any atom is -0.284 e. The Morgan fingerprint density at radius 1 is 1.15 bits per heavy atom. The van der Waals surface area contributed by atoms with Crippen LogP contribution < -0.4 is 0 Å². The van der Waals surface area contributed by atoms with Gasteiger partial charge in [-0.25, -0.2) is 0 Å². The van der Waals surface area contributed by atoms with E-state index in [1.807, 2.05) is 6.21 Å². The van der Waals surface area contributed by atoms with Crippen LogP contribution in [0.4, 0.5) is 0 Å². The number of hydrogen-bond acceptors (Lipinski definition) is 1. The van der Waals surface area contributed by atoms with Crippen molar-refractivity contribution in [1.82, 2.24) is 0 Å². The molecule has 0 bridgehead atoms. The molecular weight excluding hydrogens is 158 g/mol. The summed E-state index contributed by atoms with van der Waals surface area (Å²) in [5.41, 5.74) is 2.88. The van der Waals surface area contributed by atoms with Crippen LogP contribution in [0.15, 0.2) is 29.3 Å². The molecule has 1 nitrogen and oxygen atoms in total. The molecule has 1 unspecified atom stereocenters. The van der Waals surface area contributed by atoms with Gasteiger partial charge in [-0.2, -0.15) is 0 Å². The van der Waals surface area contributed by atoms with Crippen LogP contribution in [0.5, 0.6) is 0 Å². The number of nitrogens with zero attached hydrogens (tertiary/aromatic N) is 1. The van der Waals surface area contributed by atoms with Crippen molar-refractivity contribution in [3.05, 3.63) is 35.4 Å². The van der Waals surface area contributed by atoms with Crippen molar-refractivity contribution in [3.63, 3.8) is 0 Å². The minimum absolute atomic E-state index is 0.225. The number of aliphatic imine (C=N–C) groups is 1. The van der Waals surface area contributed by atoms with Gasteiger partial charge in [0, 0.05) is 6.21 Å². The van der Waals surface area contributed by atoms with Crippen LogP contribution in [0.2, 0.25) is 0 Å². The zero-order chi connectivity index (χ0) is 9.47. The Morgan fingerprint density at radius 3 is 2.54 bits per heavy atom. The van der Waals surface area contributed by atoms with E-state index in [2.05, 4.69) is 50.0 Å². The first kappa shape index (κ1) is 8.49. The van der Waals surface area contributed by atoms with E-state index >= 15 is 0 Å². The molecule has 1 heterocycles. The van der Waals surface area contributed by atoms with Gasteiger partial charge < -0.3 is 0 Å². The van der Waals surface area contributed by atoms with E-state index in [9.17, 15) is 0 Å². The van der Waals surface area contributed by atoms with Crippen LogP contribution in [0.3, 0.4) is 0 Å². The quantitative estimate of drug-likeness (QED) is 0.571. The lowest BCUT2D eigenvalue weighted by atomic mass is 9.83. The monoisotopic (exact) mass is 173 g/mol. The number of hydrogen-bond donors (Lipinski definition) is 0. The molecule has 0 N–H and O–H groups in total. The van der Waals surface area contributed by atoms with Gasteiger partial charge in [-0.1, -0.05) is 45.0 Å². The van der Waals surface area contributed by atoms with E-state index in [1.54, 1.807) is 0 Å². The first-order chi connectivity index (χ1) is 6.09. The van der Waals surface area contributed by atoms with Gasteiger partial charge >= 0.3 is 0 Å². The van der Waals surface area contributed by atoms with Crippen molar-refractivity contribution in [3.8, 4) is 0 Å². The van der Waals surface area contributed by atoms with Gasteiger partial charge in [-0.3, -0.25) is 4.99 Å². The topological polar surface area (TPSA) is 12.4 Å². The van der Waals surface area contributed by atoms with Gasteiger partial charge in [0.15, 0.2) is 0 Å². The van der Waals surface area contributed by atoms with Gasteiger partial charge in [0.1, 0.15) is 0 Å². The first-order valence-corrected chi connectivity index (χ1v) is 4.71. The summed E-state index contributed by atoms with van der Waals surface area (Å²) in [6.45, 7) is 6.70. The number of benzene rings is 1. The molecule has 0 amide bonds. The second kappa shape index (κ2) is 2.69. The predicted octanol–water partition coefficient (Wildman–Crippen LogP) is 3.21. The molecule has 0 aromatic heterocycles. The van der Waals surface area contributed by atoms with Gasteiger partial charge in [0.25, 0.3) is 0 Å². The molecule has 1 aromatic carbocycles. The summed E-state index contributed by atoms with van der Waals surface area (Å²) in [5.74, 6) is 0. The van der Waals surface area contributed by atoms with E-state index in [0.29, 0.717) is 6.04 Å². The lowest BCUT2D eigenvalue weighted by Gasteiger charge is -2.25. The molecule has 0 spiro atoms. The first-order valence-electron chi connectivity index (χ1n) is 4.71. The van der Waals surface area contributed by atoms with Gasteiger partial charge in [0.2, 0.25) is 0 Å².